The van der Waals surface area contributed by atoms with Crippen molar-refractivity contribution in [2.24, 2.45) is 0 Å². The summed E-state index contributed by atoms with van der Waals surface area (Å²) < 4.78 is 23.1. The van der Waals surface area contributed by atoms with Crippen LogP contribution in [0.25, 0.3) is 0 Å². The first-order chi connectivity index (χ1) is 5.12. The molecule has 70 valence electrons. The van der Waals surface area contributed by atoms with E-state index < -0.39 is 5.92 Å². The third-order valence-corrected chi connectivity index (χ3v) is 1.09. The van der Waals surface area contributed by atoms with Gasteiger partial charge in [0, 0.05) is 12.8 Å². The molecule has 0 spiro atoms. The largest absolute Gasteiger partial charge is 0.248 e. The zero-order chi connectivity index (χ0) is 9.33. The van der Waals surface area contributed by atoms with Gasteiger partial charge in [-0.25, -0.2) is 8.78 Å². The summed E-state index contributed by atoms with van der Waals surface area (Å²) in [7, 11) is 0. The van der Waals surface area contributed by atoms with E-state index in [9.17, 15) is 8.78 Å². The van der Waals surface area contributed by atoms with Crippen LogP contribution in [-0.2, 0) is 0 Å². The van der Waals surface area contributed by atoms with Crippen LogP contribution >= 0.6 is 0 Å². The van der Waals surface area contributed by atoms with Gasteiger partial charge in [0.2, 0.25) is 5.92 Å². The van der Waals surface area contributed by atoms with Crippen LogP contribution in [0.1, 0.15) is 53.4 Å². The lowest BCUT2D eigenvalue weighted by Crippen LogP contribution is -2.24. The van der Waals surface area contributed by atoms with Gasteiger partial charge in [-0.3, -0.25) is 0 Å². The molecule has 1 aliphatic carbocycles. The van der Waals surface area contributed by atoms with Gasteiger partial charge in [0.15, 0.2) is 0 Å². The quantitative estimate of drug-likeness (QED) is 0.504. The van der Waals surface area contributed by atoms with Crippen LogP contribution < -0.4 is 0 Å². The first kappa shape index (κ1) is 13.4. The molecule has 0 N–H and O–H groups in total. The molecule has 2 heteroatoms. The van der Waals surface area contributed by atoms with Crippen molar-refractivity contribution < 1.29 is 8.78 Å². The summed E-state index contributed by atoms with van der Waals surface area (Å²) in [5.74, 6) is -2.28. The van der Waals surface area contributed by atoms with Gasteiger partial charge in [0.25, 0.3) is 0 Å². The molecule has 1 fully saturated rings. The highest BCUT2D eigenvalue weighted by Gasteiger charge is 2.36. The minimum atomic E-state index is -2.28. The molecule has 0 aromatic heterocycles. The normalized spacial score (nSPS) is 18.0. The monoisotopic (exact) mass is 166 g/mol. The smallest absolute Gasteiger partial charge is 0.207 e. The van der Waals surface area contributed by atoms with Crippen LogP contribution in [-0.4, -0.2) is 5.92 Å². The third-order valence-electron chi connectivity index (χ3n) is 1.09. The second-order valence-electron chi connectivity index (χ2n) is 2.42. The summed E-state index contributed by atoms with van der Waals surface area (Å²) in [6.45, 7) is 8.25. The maximum Gasteiger partial charge on any atom is 0.248 e. The first-order valence-electron chi connectivity index (χ1n) is 4.50. The van der Waals surface area contributed by atoms with E-state index in [4.69, 9.17) is 0 Å². The highest BCUT2D eigenvalue weighted by molar-refractivity contribution is 4.75. The van der Waals surface area contributed by atoms with Crippen LogP contribution in [0, 0.1) is 0 Å². The molecule has 1 aliphatic rings. The Morgan fingerprint density at radius 1 is 1.09 bits per heavy atom. The minimum Gasteiger partial charge on any atom is -0.207 e. The highest BCUT2D eigenvalue weighted by atomic mass is 19.3. The van der Waals surface area contributed by atoms with Gasteiger partial charge < -0.3 is 0 Å². The zero-order valence-corrected chi connectivity index (χ0v) is 8.08. The van der Waals surface area contributed by atoms with Crippen molar-refractivity contribution in [1.29, 1.82) is 0 Å². The van der Waals surface area contributed by atoms with Gasteiger partial charge in [-0.15, -0.1) is 0 Å². The fraction of sp³-hybridized carbons (Fsp3) is 1.00. The van der Waals surface area contributed by atoms with Crippen molar-refractivity contribution in [2.75, 3.05) is 0 Å². The van der Waals surface area contributed by atoms with E-state index in [0.29, 0.717) is 6.42 Å². The molecule has 11 heavy (non-hydrogen) atoms. The Kier molecular flexibility index (Phi) is 9.73. The van der Waals surface area contributed by atoms with Crippen LogP contribution in [0.5, 0.6) is 0 Å². The van der Waals surface area contributed by atoms with Gasteiger partial charge in [0.05, 0.1) is 0 Å². The van der Waals surface area contributed by atoms with Crippen molar-refractivity contribution in [3.05, 3.63) is 0 Å². The Bertz CT molecular complexity index is 64.0. The first-order valence-corrected chi connectivity index (χ1v) is 4.50. The summed E-state index contributed by atoms with van der Waals surface area (Å²) in [6.07, 6.45) is 2.20. The van der Waals surface area contributed by atoms with Crippen molar-refractivity contribution in [2.45, 2.75) is 59.3 Å². The molecule has 0 atom stereocenters. The maximum atomic E-state index is 11.5. The molecule has 0 heterocycles. The van der Waals surface area contributed by atoms with Gasteiger partial charge in [-0.1, -0.05) is 34.1 Å². The van der Waals surface area contributed by atoms with E-state index in [1.165, 1.54) is 6.42 Å². The van der Waals surface area contributed by atoms with Crippen molar-refractivity contribution in [3.63, 3.8) is 0 Å². The molecule has 0 bridgehead atoms. The topological polar surface area (TPSA) is 0 Å². The molecule has 0 saturated heterocycles. The van der Waals surface area contributed by atoms with Gasteiger partial charge in [-0.05, 0) is 6.42 Å². The predicted molar refractivity (Wildman–Crippen MR) is 46.1 cm³/mol. The standard InChI is InChI=1S/C4H6F2.C3H8.C2H6/c5-4(6)2-1-3-4;1-3-2;1-2/h1-3H2;3H2,1-2H3;1-2H3. The van der Waals surface area contributed by atoms with Gasteiger partial charge >= 0.3 is 0 Å². The SMILES string of the molecule is CC.CCC.FC1(F)CCC1. The number of hydrogen-bond acceptors (Lipinski definition) is 0. The molecule has 1 saturated carbocycles. The molecule has 0 nitrogen and oxygen atoms in total. The summed E-state index contributed by atoms with van der Waals surface area (Å²) in [5, 5.41) is 0. The van der Waals surface area contributed by atoms with Crippen LogP contribution in [0.4, 0.5) is 8.78 Å². The van der Waals surface area contributed by atoms with Crippen LogP contribution in [0.2, 0.25) is 0 Å². The lowest BCUT2D eigenvalue weighted by Gasteiger charge is -2.23. The fourth-order valence-electron chi connectivity index (χ4n) is 0.444. The molecular formula is C9H20F2. The predicted octanol–water partition coefficient (Wildman–Crippen LogP) is 4.25. The van der Waals surface area contributed by atoms with Crippen molar-refractivity contribution in [3.8, 4) is 0 Å². The second kappa shape index (κ2) is 7.96. The van der Waals surface area contributed by atoms with Crippen LogP contribution in [0.3, 0.4) is 0 Å². The fourth-order valence-corrected chi connectivity index (χ4v) is 0.444. The molecule has 0 aliphatic heterocycles. The second-order valence-corrected chi connectivity index (χ2v) is 2.42. The van der Waals surface area contributed by atoms with E-state index in [-0.39, 0.29) is 12.8 Å². The maximum absolute atomic E-state index is 11.5. The Balaban J connectivity index is 0. The third kappa shape index (κ3) is 9.86. The van der Waals surface area contributed by atoms with Crippen molar-refractivity contribution >= 4 is 0 Å². The van der Waals surface area contributed by atoms with Gasteiger partial charge in [-0.2, -0.15) is 0 Å². The summed E-state index contributed by atoms with van der Waals surface area (Å²) in [5.41, 5.74) is 0. The molecule has 0 amide bonds. The number of hydrogen-bond donors (Lipinski definition) is 0. The molecular weight excluding hydrogens is 146 g/mol. The molecule has 0 aromatic rings. The lowest BCUT2D eigenvalue weighted by atomic mass is 9.95. The molecule has 0 aromatic carbocycles. The van der Waals surface area contributed by atoms with E-state index in [2.05, 4.69) is 13.8 Å². The molecule has 0 radical (unpaired) electrons. The minimum absolute atomic E-state index is 0.118. The Morgan fingerprint density at radius 2 is 1.27 bits per heavy atom. The van der Waals surface area contributed by atoms with E-state index in [0.717, 1.165) is 0 Å². The Labute approximate surface area is 69.0 Å². The number of rotatable bonds is 0. The Morgan fingerprint density at radius 3 is 1.27 bits per heavy atom. The van der Waals surface area contributed by atoms with Crippen LogP contribution in [0.15, 0.2) is 0 Å². The average Bonchev–Trinajstić information content (AvgIpc) is 1.91. The molecule has 0 unspecified atom stereocenters. The highest BCUT2D eigenvalue weighted by Crippen LogP contribution is 2.36. The lowest BCUT2D eigenvalue weighted by molar-refractivity contribution is -0.0716. The van der Waals surface area contributed by atoms with E-state index in [1.54, 1.807) is 0 Å². The Hall–Kier alpha value is -0.140. The summed E-state index contributed by atoms with van der Waals surface area (Å²) in [4.78, 5) is 0. The van der Waals surface area contributed by atoms with E-state index >= 15 is 0 Å². The summed E-state index contributed by atoms with van der Waals surface area (Å²) in [6, 6.07) is 0. The molecule has 1 rings (SSSR count). The zero-order valence-electron chi connectivity index (χ0n) is 8.08. The average molecular weight is 166 g/mol. The summed E-state index contributed by atoms with van der Waals surface area (Å²) >= 11 is 0. The number of halogens is 2. The van der Waals surface area contributed by atoms with Crippen molar-refractivity contribution in [1.82, 2.24) is 0 Å². The van der Waals surface area contributed by atoms with E-state index in [1.807, 2.05) is 13.8 Å². The number of alkyl halides is 2. The van der Waals surface area contributed by atoms with Gasteiger partial charge in [0.1, 0.15) is 0 Å².